The minimum Gasteiger partial charge on any atom is -0.384 e. The number of halogens is 1. The highest BCUT2D eigenvalue weighted by Gasteiger charge is 2.17. The van der Waals surface area contributed by atoms with Gasteiger partial charge in [0.05, 0.1) is 15.6 Å². The van der Waals surface area contributed by atoms with Crippen LogP contribution in [-0.4, -0.2) is 18.0 Å². The second kappa shape index (κ2) is 7.33. The number of benzene rings is 1. The van der Waals surface area contributed by atoms with Crippen LogP contribution < -0.4 is 10.6 Å². The highest BCUT2D eigenvalue weighted by molar-refractivity contribution is 6.33. The Morgan fingerprint density at radius 1 is 1.10 bits per heavy atom. The van der Waals surface area contributed by atoms with Crippen molar-refractivity contribution in [3.8, 4) is 0 Å². The Morgan fingerprint density at radius 3 is 2.05 bits per heavy atom. The molecule has 5 nitrogen and oxygen atoms in total. The summed E-state index contributed by atoms with van der Waals surface area (Å²) in [5, 5.41) is 17.8. The molecule has 6 heteroatoms. The number of hydrogen-bond donors (Lipinski definition) is 2. The van der Waals surface area contributed by atoms with E-state index in [0.29, 0.717) is 29.1 Å². The maximum Gasteiger partial charge on any atom is 0.293 e. The minimum atomic E-state index is -0.416. The lowest BCUT2D eigenvalue weighted by Crippen LogP contribution is -2.12. The average molecular weight is 300 g/mol. The molecule has 0 saturated carbocycles. The molecule has 0 aliphatic carbocycles. The SMILES string of the molecule is CC(C)CNc1cc(NCC(C)C)c([N+](=O)[O-])cc1Cl. The van der Waals surface area contributed by atoms with Crippen LogP contribution in [0.3, 0.4) is 0 Å². The smallest absolute Gasteiger partial charge is 0.293 e. The molecule has 0 spiro atoms. The summed E-state index contributed by atoms with van der Waals surface area (Å²) < 4.78 is 0. The van der Waals surface area contributed by atoms with Gasteiger partial charge >= 0.3 is 0 Å². The molecular formula is C14H22ClN3O2. The highest BCUT2D eigenvalue weighted by atomic mass is 35.5. The number of nitro groups is 1. The second-order valence-electron chi connectivity index (χ2n) is 5.66. The summed E-state index contributed by atoms with van der Waals surface area (Å²) >= 11 is 6.10. The molecule has 0 aromatic heterocycles. The van der Waals surface area contributed by atoms with Crippen molar-refractivity contribution < 1.29 is 4.92 Å². The summed E-state index contributed by atoms with van der Waals surface area (Å²) in [6, 6.07) is 3.11. The van der Waals surface area contributed by atoms with E-state index in [1.54, 1.807) is 6.07 Å². The van der Waals surface area contributed by atoms with Crippen LogP contribution in [0.5, 0.6) is 0 Å². The number of nitrogens with one attached hydrogen (secondary N) is 2. The monoisotopic (exact) mass is 299 g/mol. The van der Waals surface area contributed by atoms with Crippen molar-refractivity contribution in [1.82, 2.24) is 0 Å². The van der Waals surface area contributed by atoms with Gasteiger partial charge in [-0.1, -0.05) is 39.3 Å². The number of nitro benzene ring substituents is 1. The Bertz CT molecular complexity index is 476. The lowest BCUT2D eigenvalue weighted by molar-refractivity contribution is -0.383. The van der Waals surface area contributed by atoms with Crippen LogP contribution in [0, 0.1) is 22.0 Å². The first kappa shape index (κ1) is 16.6. The summed E-state index contributed by atoms with van der Waals surface area (Å²) in [6.07, 6.45) is 0. The first-order chi connectivity index (χ1) is 9.31. The summed E-state index contributed by atoms with van der Waals surface area (Å²) in [7, 11) is 0. The van der Waals surface area contributed by atoms with Crippen molar-refractivity contribution in [3.05, 3.63) is 27.3 Å². The average Bonchev–Trinajstić information content (AvgIpc) is 2.34. The van der Waals surface area contributed by atoms with Gasteiger partial charge in [0.2, 0.25) is 0 Å². The third-order valence-corrected chi connectivity index (χ3v) is 3.00. The third kappa shape index (κ3) is 4.89. The predicted molar refractivity (Wildman–Crippen MR) is 84.8 cm³/mol. The van der Waals surface area contributed by atoms with Gasteiger partial charge in [-0.25, -0.2) is 0 Å². The van der Waals surface area contributed by atoms with Crippen LogP contribution in [0.15, 0.2) is 12.1 Å². The fraction of sp³-hybridized carbons (Fsp3) is 0.571. The molecule has 1 aromatic rings. The fourth-order valence-electron chi connectivity index (χ4n) is 1.62. The van der Waals surface area contributed by atoms with E-state index >= 15 is 0 Å². The largest absolute Gasteiger partial charge is 0.384 e. The number of anilines is 2. The topological polar surface area (TPSA) is 67.2 Å². The molecule has 112 valence electrons. The van der Waals surface area contributed by atoms with E-state index in [-0.39, 0.29) is 5.69 Å². The summed E-state index contributed by atoms with van der Waals surface area (Å²) in [5.74, 6) is 0.866. The van der Waals surface area contributed by atoms with E-state index in [1.165, 1.54) is 6.07 Å². The molecule has 1 rings (SSSR count). The Morgan fingerprint density at radius 2 is 1.60 bits per heavy atom. The van der Waals surface area contributed by atoms with Gasteiger partial charge in [0.25, 0.3) is 5.69 Å². The van der Waals surface area contributed by atoms with Crippen molar-refractivity contribution in [3.63, 3.8) is 0 Å². The molecule has 20 heavy (non-hydrogen) atoms. The van der Waals surface area contributed by atoms with Crippen LogP contribution in [0.4, 0.5) is 17.1 Å². The lowest BCUT2D eigenvalue weighted by Gasteiger charge is -2.14. The van der Waals surface area contributed by atoms with Crippen molar-refractivity contribution in [2.24, 2.45) is 11.8 Å². The maximum atomic E-state index is 11.1. The van der Waals surface area contributed by atoms with E-state index in [4.69, 9.17) is 11.6 Å². The van der Waals surface area contributed by atoms with E-state index in [2.05, 4.69) is 24.5 Å². The summed E-state index contributed by atoms with van der Waals surface area (Å²) in [4.78, 5) is 10.7. The molecule has 2 N–H and O–H groups in total. The van der Waals surface area contributed by atoms with Crippen LogP contribution in [-0.2, 0) is 0 Å². The van der Waals surface area contributed by atoms with Gasteiger partial charge in [-0.15, -0.1) is 0 Å². The maximum absolute atomic E-state index is 11.1. The number of hydrogen-bond acceptors (Lipinski definition) is 4. The molecule has 0 fully saturated rings. The minimum absolute atomic E-state index is 0.00532. The van der Waals surface area contributed by atoms with Crippen LogP contribution in [0.25, 0.3) is 0 Å². The van der Waals surface area contributed by atoms with Crippen molar-refractivity contribution in [2.75, 3.05) is 23.7 Å². The normalized spacial score (nSPS) is 10.9. The zero-order valence-corrected chi connectivity index (χ0v) is 13.1. The van der Waals surface area contributed by atoms with Gasteiger partial charge in [-0.05, 0) is 17.9 Å². The Labute approximate surface area is 124 Å². The number of rotatable bonds is 7. The Hall–Kier alpha value is -1.49. The first-order valence-corrected chi connectivity index (χ1v) is 7.14. The van der Waals surface area contributed by atoms with Gasteiger partial charge in [-0.2, -0.15) is 0 Å². The van der Waals surface area contributed by atoms with E-state index in [0.717, 1.165) is 12.2 Å². The lowest BCUT2D eigenvalue weighted by atomic mass is 10.2. The molecule has 0 bridgehead atoms. The highest BCUT2D eigenvalue weighted by Crippen LogP contribution is 2.34. The molecule has 0 aliphatic rings. The van der Waals surface area contributed by atoms with Gasteiger partial charge in [-0.3, -0.25) is 10.1 Å². The van der Waals surface area contributed by atoms with Crippen molar-refractivity contribution in [1.29, 1.82) is 0 Å². The van der Waals surface area contributed by atoms with E-state index in [1.807, 2.05) is 13.8 Å². The standard InChI is InChI=1S/C14H22ClN3O2/c1-9(2)7-16-12-6-13(17-8-10(3)4)14(18(19)20)5-11(12)15/h5-6,9-10,16-17H,7-8H2,1-4H3. The fourth-order valence-corrected chi connectivity index (χ4v) is 1.84. The molecule has 0 radical (unpaired) electrons. The molecule has 0 unspecified atom stereocenters. The van der Waals surface area contributed by atoms with E-state index < -0.39 is 4.92 Å². The van der Waals surface area contributed by atoms with Gasteiger partial charge in [0.15, 0.2) is 0 Å². The first-order valence-electron chi connectivity index (χ1n) is 6.77. The molecular weight excluding hydrogens is 278 g/mol. The van der Waals surface area contributed by atoms with Crippen LogP contribution in [0.2, 0.25) is 5.02 Å². The van der Waals surface area contributed by atoms with E-state index in [9.17, 15) is 10.1 Å². The molecule has 0 atom stereocenters. The van der Waals surface area contributed by atoms with Crippen LogP contribution >= 0.6 is 11.6 Å². The molecule has 1 aromatic carbocycles. The molecule has 0 heterocycles. The van der Waals surface area contributed by atoms with Gasteiger partial charge in [0, 0.05) is 19.2 Å². The summed E-state index contributed by atoms with van der Waals surface area (Å²) in [5.41, 5.74) is 1.22. The molecule has 0 saturated heterocycles. The van der Waals surface area contributed by atoms with Crippen molar-refractivity contribution in [2.45, 2.75) is 27.7 Å². The quantitative estimate of drug-likeness (QED) is 0.579. The third-order valence-electron chi connectivity index (χ3n) is 2.68. The molecule has 0 amide bonds. The predicted octanol–water partition coefficient (Wildman–Crippen LogP) is 4.38. The number of nitrogens with zero attached hydrogens (tertiary/aromatic N) is 1. The van der Waals surface area contributed by atoms with Crippen LogP contribution in [0.1, 0.15) is 27.7 Å². The molecule has 0 aliphatic heterocycles. The Kier molecular flexibility index (Phi) is 6.07. The zero-order valence-electron chi connectivity index (χ0n) is 12.4. The van der Waals surface area contributed by atoms with Gasteiger partial charge in [0.1, 0.15) is 5.69 Å². The van der Waals surface area contributed by atoms with Crippen molar-refractivity contribution >= 4 is 28.7 Å². The zero-order chi connectivity index (χ0) is 15.3. The summed E-state index contributed by atoms with van der Waals surface area (Å²) in [6.45, 7) is 9.71. The Balaban J connectivity index is 3.03. The second-order valence-corrected chi connectivity index (χ2v) is 6.06. The van der Waals surface area contributed by atoms with Gasteiger partial charge < -0.3 is 10.6 Å².